The van der Waals surface area contributed by atoms with Crippen LogP contribution in [0.25, 0.3) is 0 Å². The Morgan fingerprint density at radius 1 is 1.29 bits per heavy atom. The molecule has 1 aromatic carbocycles. The van der Waals surface area contributed by atoms with Gasteiger partial charge in [-0.2, -0.15) is 0 Å². The molecule has 1 rings (SSSR count). The molecule has 92 valence electrons. The van der Waals surface area contributed by atoms with E-state index in [0.717, 1.165) is 34.4 Å². The maximum atomic E-state index is 10.5. The molecule has 0 aliphatic carbocycles. The Labute approximate surface area is 106 Å². The standard InChI is InChI=1S/C14H20O2Si/c1-14(2,17-3)8-9-16-11-13-6-4-12(10-15)5-7-13/h4-7,10H,8-9,11H2,1-3H3. The van der Waals surface area contributed by atoms with Crippen LogP contribution in [0.3, 0.4) is 0 Å². The highest BCUT2D eigenvalue weighted by molar-refractivity contribution is 6.37. The van der Waals surface area contributed by atoms with Crippen LogP contribution in [0.4, 0.5) is 0 Å². The van der Waals surface area contributed by atoms with E-state index in [4.69, 9.17) is 4.74 Å². The van der Waals surface area contributed by atoms with Gasteiger partial charge in [0.1, 0.15) is 6.29 Å². The van der Waals surface area contributed by atoms with Crippen molar-refractivity contribution in [1.82, 2.24) is 0 Å². The first-order valence-electron chi connectivity index (χ1n) is 5.88. The maximum absolute atomic E-state index is 10.5. The summed E-state index contributed by atoms with van der Waals surface area (Å²) in [4.78, 5) is 10.5. The van der Waals surface area contributed by atoms with Gasteiger partial charge in [0, 0.05) is 21.7 Å². The average Bonchev–Trinajstić information content (AvgIpc) is 2.35. The van der Waals surface area contributed by atoms with Gasteiger partial charge < -0.3 is 4.74 Å². The summed E-state index contributed by atoms with van der Waals surface area (Å²) in [6.45, 7) is 8.20. The van der Waals surface area contributed by atoms with Crippen molar-refractivity contribution in [3.63, 3.8) is 0 Å². The Morgan fingerprint density at radius 3 is 2.47 bits per heavy atom. The highest BCUT2D eigenvalue weighted by atomic mass is 28.2. The lowest BCUT2D eigenvalue weighted by atomic mass is 10.1. The van der Waals surface area contributed by atoms with Crippen LogP contribution in [-0.4, -0.2) is 22.4 Å². The van der Waals surface area contributed by atoms with Crippen LogP contribution in [-0.2, 0) is 11.3 Å². The van der Waals surface area contributed by atoms with E-state index < -0.39 is 0 Å². The summed E-state index contributed by atoms with van der Waals surface area (Å²) in [5.41, 5.74) is 1.83. The molecular formula is C14H20O2Si. The SMILES string of the molecule is C[Si]C(C)(C)CCOCc1ccc(C=O)cc1. The monoisotopic (exact) mass is 248 g/mol. The summed E-state index contributed by atoms with van der Waals surface area (Å²) in [5, 5.41) is 0.390. The second-order valence-corrected chi connectivity index (χ2v) is 6.65. The van der Waals surface area contributed by atoms with Crippen LogP contribution in [0.15, 0.2) is 24.3 Å². The number of carbonyl (C=O) groups is 1. The van der Waals surface area contributed by atoms with Crippen LogP contribution in [0.5, 0.6) is 0 Å². The van der Waals surface area contributed by atoms with Crippen molar-refractivity contribution < 1.29 is 9.53 Å². The third kappa shape index (κ3) is 5.28. The van der Waals surface area contributed by atoms with Gasteiger partial charge in [-0.25, -0.2) is 0 Å². The van der Waals surface area contributed by atoms with E-state index in [1.54, 1.807) is 0 Å². The van der Waals surface area contributed by atoms with E-state index in [-0.39, 0.29) is 0 Å². The average molecular weight is 248 g/mol. The first kappa shape index (κ1) is 14.1. The second kappa shape index (κ2) is 6.72. The van der Waals surface area contributed by atoms with E-state index in [0.29, 0.717) is 17.2 Å². The Hall–Kier alpha value is -0.933. The smallest absolute Gasteiger partial charge is 0.150 e. The molecule has 0 amide bonds. The van der Waals surface area contributed by atoms with Gasteiger partial charge in [-0.05, 0) is 17.0 Å². The molecular weight excluding hydrogens is 228 g/mol. The minimum Gasteiger partial charge on any atom is -0.377 e. The zero-order valence-corrected chi connectivity index (χ0v) is 11.8. The van der Waals surface area contributed by atoms with Gasteiger partial charge >= 0.3 is 0 Å². The molecule has 0 aliphatic rings. The summed E-state index contributed by atoms with van der Waals surface area (Å²) in [7, 11) is 0.942. The zero-order valence-electron chi connectivity index (χ0n) is 10.8. The minimum absolute atomic E-state index is 0.390. The summed E-state index contributed by atoms with van der Waals surface area (Å²) >= 11 is 0. The van der Waals surface area contributed by atoms with E-state index in [2.05, 4.69) is 20.4 Å². The molecule has 0 saturated carbocycles. The predicted octanol–water partition coefficient (Wildman–Crippen LogP) is 3.36. The number of aldehydes is 1. The van der Waals surface area contributed by atoms with Gasteiger partial charge in [-0.1, -0.05) is 44.7 Å². The number of rotatable bonds is 7. The summed E-state index contributed by atoms with van der Waals surface area (Å²) in [6, 6.07) is 7.53. The molecule has 0 saturated heterocycles. The molecule has 2 nitrogen and oxygen atoms in total. The van der Waals surface area contributed by atoms with E-state index in [1.807, 2.05) is 24.3 Å². The highest BCUT2D eigenvalue weighted by Gasteiger charge is 2.14. The fraction of sp³-hybridized carbons (Fsp3) is 0.500. The van der Waals surface area contributed by atoms with Crippen LogP contribution < -0.4 is 0 Å². The number of carbonyl (C=O) groups excluding carboxylic acids is 1. The molecule has 0 bridgehead atoms. The van der Waals surface area contributed by atoms with Gasteiger partial charge in [0.15, 0.2) is 0 Å². The van der Waals surface area contributed by atoms with E-state index >= 15 is 0 Å². The van der Waals surface area contributed by atoms with Crippen LogP contribution in [0.1, 0.15) is 36.2 Å². The topological polar surface area (TPSA) is 26.3 Å². The lowest BCUT2D eigenvalue weighted by Crippen LogP contribution is -2.12. The molecule has 0 heterocycles. The quantitative estimate of drug-likeness (QED) is 0.420. The molecule has 0 aliphatic heterocycles. The lowest BCUT2D eigenvalue weighted by Gasteiger charge is -2.21. The van der Waals surface area contributed by atoms with Crippen LogP contribution in [0.2, 0.25) is 11.6 Å². The molecule has 2 radical (unpaired) electrons. The third-order valence-corrected chi connectivity index (χ3v) is 4.54. The Balaban J connectivity index is 2.28. The van der Waals surface area contributed by atoms with Crippen molar-refractivity contribution in [3.05, 3.63) is 35.4 Å². The van der Waals surface area contributed by atoms with Crippen molar-refractivity contribution in [2.45, 2.75) is 38.5 Å². The molecule has 0 unspecified atom stereocenters. The first-order valence-corrected chi connectivity index (χ1v) is 7.38. The van der Waals surface area contributed by atoms with Gasteiger partial charge in [0.2, 0.25) is 0 Å². The Morgan fingerprint density at radius 2 is 1.94 bits per heavy atom. The largest absolute Gasteiger partial charge is 0.377 e. The van der Waals surface area contributed by atoms with Crippen molar-refractivity contribution >= 4 is 15.8 Å². The molecule has 3 heteroatoms. The molecule has 0 atom stereocenters. The van der Waals surface area contributed by atoms with Crippen LogP contribution in [0, 0.1) is 0 Å². The first-order chi connectivity index (χ1) is 8.07. The summed E-state index contributed by atoms with van der Waals surface area (Å²) in [6.07, 6.45) is 1.95. The van der Waals surface area contributed by atoms with Gasteiger partial charge in [-0.15, -0.1) is 0 Å². The molecule has 0 N–H and O–H groups in total. The fourth-order valence-electron chi connectivity index (χ4n) is 1.33. The molecule has 0 aromatic heterocycles. The van der Waals surface area contributed by atoms with Crippen molar-refractivity contribution in [3.8, 4) is 0 Å². The summed E-state index contributed by atoms with van der Waals surface area (Å²) in [5.74, 6) is 0. The second-order valence-electron chi connectivity index (χ2n) is 4.80. The number of hydrogen-bond donors (Lipinski definition) is 0. The molecule has 0 fully saturated rings. The predicted molar refractivity (Wildman–Crippen MR) is 71.8 cm³/mol. The molecule has 0 spiro atoms. The zero-order chi connectivity index (χ0) is 12.7. The maximum Gasteiger partial charge on any atom is 0.150 e. The lowest BCUT2D eigenvalue weighted by molar-refractivity contribution is 0.111. The van der Waals surface area contributed by atoms with Gasteiger partial charge in [0.25, 0.3) is 0 Å². The number of hydrogen-bond acceptors (Lipinski definition) is 2. The van der Waals surface area contributed by atoms with E-state index in [1.165, 1.54) is 0 Å². The van der Waals surface area contributed by atoms with Gasteiger partial charge in [-0.3, -0.25) is 4.79 Å². The molecule has 1 aromatic rings. The van der Waals surface area contributed by atoms with Crippen molar-refractivity contribution in [1.29, 1.82) is 0 Å². The summed E-state index contributed by atoms with van der Waals surface area (Å²) < 4.78 is 5.65. The van der Waals surface area contributed by atoms with Gasteiger partial charge in [0.05, 0.1) is 6.61 Å². The Kier molecular flexibility index (Phi) is 5.58. The minimum atomic E-state index is 0.390. The molecule has 17 heavy (non-hydrogen) atoms. The van der Waals surface area contributed by atoms with E-state index in [9.17, 15) is 4.79 Å². The van der Waals surface area contributed by atoms with Crippen molar-refractivity contribution in [2.24, 2.45) is 0 Å². The highest BCUT2D eigenvalue weighted by Crippen LogP contribution is 2.26. The van der Waals surface area contributed by atoms with Crippen LogP contribution >= 0.6 is 0 Å². The number of ether oxygens (including phenoxy) is 1. The van der Waals surface area contributed by atoms with Crippen molar-refractivity contribution in [2.75, 3.05) is 6.61 Å². The number of benzene rings is 1. The fourth-order valence-corrected chi connectivity index (χ4v) is 1.69. The third-order valence-electron chi connectivity index (χ3n) is 2.93. The normalized spacial score (nSPS) is 11.5. The Bertz CT molecular complexity index is 344.